The van der Waals surface area contributed by atoms with E-state index in [2.05, 4.69) is 15.5 Å². The molecule has 114 valence electrons. The minimum absolute atomic E-state index is 0.0472. The molecule has 1 aliphatic rings. The SMILES string of the molecule is O=C(c1ccccc1-n1cnnn1)N1CCC(F)(C(=O)O)C1. The second kappa shape index (κ2) is 5.17. The Balaban J connectivity index is 1.90. The van der Waals surface area contributed by atoms with Gasteiger partial charge in [0.15, 0.2) is 0 Å². The van der Waals surface area contributed by atoms with Crippen LogP contribution in [0.25, 0.3) is 5.69 Å². The number of tetrazole rings is 1. The molecule has 1 amide bonds. The number of carboxylic acid groups (broad SMARTS) is 1. The third-order valence-corrected chi connectivity index (χ3v) is 3.62. The van der Waals surface area contributed by atoms with Gasteiger partial charge >= 0.3 is 5.97 Å². The Morgan fingerprint density at radius 1 is 1.32 bits per heavy atom. The van der Waals surface area contributed by atoms with Crippen LogP contribution in [0.3, 0.4) is 0 Å². The summed E-state index contributed by atoms with van der Waals surface area (Å²) in [6, 6.07) is 6.60. The number of aliphatic carboxylic acids is 1. The van der Waals surface area contributed by atoms with Crippen molar-refractivity contribution in [3.05, 3.63) is 36.2 Å². The highest BCUT2D eigenvalue weighted by Crippen LogP contribution is 2.28. The number of benzene rings is 1. The number of hydrogen-bond acceptors (Lipinski definition) is 5. The summed E-state index contributed by atoms with van der Waals surface area (Å²) < 4.78 is 15.4. The van der Waals surface area contributed by atoms with Crippen molar-refractivity contribution in [3.63, 3.8) is 0 Å². The minimum Gasteiger partial charge on any atom is -0.479 e. The van der Waals surface area contributed by atoms with Gasteiger partial charge in [0.05, 0.1) is 17.8 Å². The topological polar surface area (TPSA) is 101 Å². The Kier molecular flexibility index (Phi) is 3.32. The van der Waals surface area contributed by atoms with Crippen LogP contribution in [0.15, 0.2) is 30.6 Å². The van der Waals surface area contributed by atoms with Gasteiger partial charge in [0, 0.05) is 13.0 Å². The van der Waals surface area contributed by atoms with Gasteiger partial charge in [-0.15, -0.1) is 5.10 Å². The zero-order valence-corrected chi connectivity index (χ0v) is 11.4. The standard InChI is InChI=1S/C13H12FN5O3/c14-13(12(21)22)5-6-18(7-13)11(20)9-3-1-2-4-10(9)19-8-15-16-17-19/h1-4,8H,5-7H2,(H,21,22). The highest BCUT2D eigenvalue weighted by atomic mass is 19.1. The fraction of sp³-hybridized carbons (Fsp3) is 0.308. The summed E-state index contributed by atoms with van der Waals surface area (Å²) in [5.74, 6) is -2.00. The molecule has 1 aromatic heterocycles. The molecule has 1 aliphatic heterocycles. The molecule has 8 nitrogen and oxygen atoms in total. The van der Waals surface area contributed by atoms with E-state index in [1.165, 1.54) is 15.9 Å². The number of amides is 1. The maximum atomic E-state index is 14.1. The van der Waals surface area contributed by atoms with Crippen molar-refractivity contribution >= 4 is 11.9 Å². The third kappa shape index (κ3) is 2.30. The molecule has 0 spiro atoms. The maximum Gasteiger partial charge on any atom is 0.343 e. The molecule has 0 saturated carbocycles. The molecule has 1 aromatic carbocycles. The number of nitrogens with zero attached hydrogens (tertiary/aromatic N) is 5. The van der Waals surface area contributed by atoms with Crippen LogP contribution < -0.4 is 0 Å². The molecule has 1 fully saturated rings. The van der Waals surface area contributed by atoms with Crippen LogP contribution in [0, 0.1) is 0 Å². The van der Waals surface area contributed by atoms with Crippen LogP contribution >= 0.6 is 0 Å². The van der Waals surface area contributed by atoms with Gasteiger partial charge in [0.2, 0.25) is 5.67 Å². The first kappa shape index (κ1) is 14.1. The molecule has 9 heteroatoms. The van der Waals surface area contributed by atoms with Gasteiger partial charge in [-0.3, -0.25) is 4.79 Å². The number of carboxylic acids is 1. The number of hydrogen-bond donors (Lipinski definition) is 1. The average molecular weight is 305 g/mol. The average Bonchev–Trinajstić information content (AvgIpc) is 3.17. The van der Waals surface area contributed by atoms with E-state index in [1.807, 2.05) is 0 Å². The molecule has 0 radical (unpaired) electrons. The van der Waals surface area contributed by atoms with Crippen molar-refractivity contribution in [2.24, 2.45) is 0 Å². The molecular formula is C13H12FN5O3. The molecule has 2 aromatic rings. The van der Waals surface area contributed by atoms with E-state index in [0.717, 1.165) is 0 Å². The number of likely N-dealkylation sites (tertiary alicyclic amines) is 1. The number of carbonyl (C=O) groups is 2. The Morgan fingerprint density at radius 3 is 2.73 bits per heavy atom. The van der Waals surface area contributed by atoms with Gasteiger partial charge in [-0.2, -0.15) is 4.68 Å². The first-order chi connectivity index (χ1) is 10.5. The van der Waals surface area contributed by atoms with Crippen LogP contribution in [0.1, 0.15) is 16.8 Å². The summed E-state index contributed by atoms with van der Waals surface area (Å²) in [5, 5.41) is 19.7. The summed E-state index contributed by atoms with van der Waals surface area (Å²) in [6.45, 7) is -0.420. The van der Waals surface area contributed by atoms with E-state index in [0.29, 0.717) is 5.69 Å². The maximum absolute atomic E-state index is 14.1. The first-order valence-corrected chi connectivity index (χ1v) is 6.55. The first-order valence-electron chi connectivity index (χ1n) is 6.55. The van der Waals surface area contributed by atoms with Gasteiger partial charge in [-0.1, -0.05) is 12.1 Å². The highest BCUT2D eigenvalue weighted by molar-refractivity contribution is 5.98. The summed E-state index contributed by atoms with van der Waals surface area (Å²) >= 11 is 0. The van der Waals surface area contributed by atoms with Crippen LogP contribution in [-0.2, 0) is 4.79 Å². The Hall–Kier alpha value is -2.84. The Morgan fingerprint density at radius 2 is 2.09 bits per heavy atom. The molecule has 1 atom stereocenters. The lowest BCUT2D eigenvalue weighted by molar-refractivity contribution is -0.149. The van der Waals surface area contributed by atoms with Crippen LogP contribution in [0.4, 0.5) is 4.39 Å². The van der Waals surface area contributed by atoms with Gasteiger partial charge < -0.3 is 10.0 Å². The lowest BCUT2D eigenvalue weighted by Gasteiger charge is -2.19. The molecule has 1 unspecified atom stereocenters. The summed E-state index contributed by atoms with van der Waals surface area (Å²) in [6.07, 6.45) is 1.12. The largest absolute Gasteiger partial charge is 0.479 e. The van der Waals surface area contributed by atoms with E-state index in [1.54, 1.807) is 24.3 Å². The molecule has 1 N–H and O–H groups in total. The van der Waals surface area contributed by atoms with Crippen molar-refractivity contribution in [3.8, 4) is 5.69 Å². The number of para-hydroxylation sites is 1. The Bertz CT molecular complexity index is 720. The zero-order chi connectivity index (χ0) is 15.7. The monoisotopic (exact) mass is 305 g/mol. The van der Waals surface area contributed by atoms with E-state index < -0.39 is 24.1 Å². The summed E-state index contributed by atoms with van der Waals surface area (Å²) in [5.41, 5.74) is -1.66. The number of alkyl halides is 1. The lowest BCUT2D eigenvalue weighted by Crippen LogP contribution is -2.39. The fourth-order valence-electron chi connectivity index (χ4n) is 2.42. The second-order valence-electron chi connectivity index (χ2n) is 5.02. The number of carbonyl (C=O) groups excluding carboxylic acids is 1. The number of halogens is 1. The molecule has 2 heterocycles. The van der Waals surface area contributed by atoms with Crippen molar-refractivity contribution < 1.29 is 19.1 Å². The molecule has 3 rings (SSSR count). The van der Waals surface area contributed by atoms with Crippen molar-refractivity contribution in [1.29, 1.82) is 0 Å². The smallest absolute Gasteiger partial charge is 0.343 e. The molecule has 1 saturated heterocycles. The fourth-order valence-corrected chi connectivity index (χ4v) is 2.42. The summed E-state index contributed by atoms with van der Waals surface area (Å²) in [4.78, 5) is 24.7. The van der Waals surface area contributed by atoms with Crippen LogP contribution in [0.5, 0.6) is 0 Å². The van der Waals surface area contributed by atoms with Gasteiger partial charge in [-0.25, -0.2) is 9.18 Å². The molecule has 0 bridgehead atoms. The quantitative estimate of drug-likeness (QED) is 0.875. The van der Waals surface area contributed by atoms with Crippen molar-refractivity contribution in [2.75, 3.05) is 13.1 Å². The zero-order valence-electron chi connectivity index (χ0n) is 11.4. The van der Waals surface area contributed by atoms with Gasteiger partial charge in [-0.05, 0) is 22.6 Å². The van der Waals surface area contributed by atoms with Gasteiger partial charge in [0.1, 0.15) is 6.33 Å². The second-order valence-corrected chi connectivity index (χ2v) is 5.02. The van der Waals surface area contributed by atoms with E-state index in [4.69, 9.17) is 5.11 Å². The van der Waals surface area contributed by atoms with Crippen molar-refractivity contribution in [2.45, 2.75) is 12.1 Å². The van der Waals surface area contributed by atoms with Crippen LogP contribution in [0.2, 0.25) is 0 Å². The van der Waals surface area contributed by atoms with Crippen molar-refractivity contribution in [1.82, 2.24) is 25.1 Å². The lowest BCUT2D eigenvalue weighted by atomic mass is 10.1. The predicted octanol–water partition coefficient (Wildman–Crippen LogP) is 0.301. The predicted molar refractivity (Wildman–Crippen MR) is 71.1 cm³/mol. The number of aromatic nitrogens is 4. The normalized spacial score (nSPS) is 21.0. The molecular weight excluding hydrogens is 293 g/mol. The summed E-state index contributed by atoms with van der Waals surface area (Å²) in [7, 11) is 0. The molecule has 0 aliphatic carbocycles. The van der Waals surface area contributed by atoms with Crippen LogP contribution in [-0.4, -0.2) is 60.8 Å². The van der Waals surface area contributed by atoms with Gasteiger partial charge in [0.25, 0.3) is 5.91 Å². The minimum atomic E-state index is -2.39. The third-order valence-electron chi connectivity index (χ3n) is 3.62. The van der Waals surface area contributed by atoms with E-state index >= 15 is 0 Å². The van der Waals surface area contributed by atoms with E-state index in [9.17, 15) is 14.0 Å². The highest BCUT2D eigenvalue weighted by Gasteiger charge is 2.47. The number of rotatable bonds is 3. The van der Waals surface area contributed by atoms with E-state index in [-0.39, 0.29) is 18.5 Å². The Labute approximate surface area is 124 Å². The molecule has 22 heavy (non-hydrogen) atoms.